The van der Waals surface area contributed by atoms with Crippen LogP contribution in [0, 0.1) is 0 Å². The summed E-state index contributed by atoms with van der Waals surface area (Å²) in [4.78, 5) is 13.6. The summed E-state index contributed by atoms with van der Waals surface area (Å²) in [5, 5.41) is 9.58. The molecule has 0 saturated carbocycles. The Hall–Kier alpha value is -2.69. The van der Waals surface area contributed by atoms with E-state index in [1.54, 1.807) is 37.3 Å². The summed E-state index contributed by atoms with van der Waals surface area (Å²) < 4.78 is 10.4. The van der Waals surface area contributed by atoms with Gasteiger partial charge in [0, 0.05) is 13.6 Å². The lowest BCUT2D eigenvalue weighted by atomic mass is 10.2. The second-order valence-corrected chi connectivity index (χ2v) is 4.85. The van der Waals surface area contributed by atoms with Crippen LogP contribution in [0.4, 0.5) is 0 Å². The average Bonchev–Trinajstić information content (AvgIpc) is 2.54. The molecule has 5 heteroatoms. The molecule has 0 fully saturated rings. The van der Waals surface area contributed by atoms with Crippen LogP contribution < -0.4 is 9.47 Å². The summed E-state index contributed by atoms with van der Waals surface area (Å²) in [7, 11) is 3.32. The Balaban J connectivity index is 1.87. The Bertz CT molecular complexity index is 625. The van der Waals surface area contributed by atoms with Crippen molar-refractivity contribution in [3.63, 3.8) is 0 Å². The van der Waals surface area contributed by atoms with Gasteiger partial charge in [0.1, 0.15) is 5.75 Å². The third-order valence-electron chi connectivity index (χ3n) is 3.22. The summed E-state index contributed by atoms with van der Waals surface area (Å²) in [6.07, 6.45) is 0. The zero-order valence-corrected chi connectivity index (χ0v) is 12.7. The van der Waals surface area contributed by atoms with Gasteiger partial charge >= 0.3 is 0 Å². The van der Waals surface area contributed by atoms with Crippen molar-refractivity contribution in [3.05, 3.63) is 54.1 Å². The van der Waals surface area contributed by atoms with Crippen molar-refractivity contribution < 1.29 is 19.4 Å². The van der Waals surface area contributed by atoms with E-state index in [0.29, 0.717) is 12.3 Å². The maximum absolute atomic E-state index is 12.0. The van der Waals surface area contributed by atoms with E-state index < -0.39 is 0 Å². The van der Waals surface area contributed by atoms with Gasteiger partial charge in [0.2, 0.25) is 0 Å². The van der Waals surface area contributed by atoms with E-state index in [4.69, 9.17) is 9.47 Å². The fraction of sp³-hybridized carbons (Fsp3) is 0.235. The number of phenolic OH excluding ortho intramolecular Hbond substituents is 1. The van der Waals surface area contributed by atoms with E-state index in [1.165, 1.54) is 6.07 Å². The van der Waals surface area contributed by atoms with Gasteiger partial charge in [0.15, 0.2) is 18.1 Å². The lowest BCUT2D eigenvalue weighted by Crippen LogP contribution is -2.30. The summed E-state index contributed by atoms with van der Waals surface area (Å²) in [6, 6.07) is 14.1. The van der Waals surface area contributed by atoms with Crippen molar-refractivity contribution in [1.29, 1.82) is 0 Å². The van der Waals surface area contributed by atoms with Crippen molar-refractivity contribution in [1.82, 2.24) is 4.90 Å². The van der Waals surface area contributed by atoms with Gasteiger partial charge < -0.3 is 19.5 Å². The summed E-state index contributed by atoms with van der Waals surface area (Å²) in [5.41, 5.74) is 0.999. The smallest absolute Gasteiger partial charge is 0.260 e. The number of likely N-dealkylation sites (N-methyl/N-ethyl adjacent to an activating group) is 1. The summed E-state index contributed by atoms with van der Waals surface area (Å²) in [5.74, 6) is 0.932. The first-order valence-corrected chi connectivity index (χ1v) is 6.88. The first-order chi connectivity index (χ1) is 10.6. The number of carbonyl (C=O) groups excluding carboxylic acids is 1. The fourth-order valence-corrected chi connectivity index (χ4v) is 1.92. The van der Waals surface area contributed by atoms with E-state index in [9.17, 15) is 9.90 Å². The molecule has 0 unspecified atom stereocenters. The molecule has 1 amide bonds. The predicted octanol–water partition coefficient (Wildman–Crippen LogP) is 2.44. The zero-order chi connectivity index (χ0) is 15.9. The number of amides is 1. The third kappa shape index (κ3) is 4.15. The van der Waals surface area contributed by atoms with Crippen LogP contribution in [0.3, 0.4) is 0 Å². The van der Waals surface area contributed by atoms with E-state index in [2.05, 4.69) is 0 Å². The number of phenols is 1. The molecule has 0 heterocycles. The lowest BCUT2D eigenvalue weighted by Gasteiger charge is -2.18. The van der Waals surface area contributed by atoms with E-state index in [0.717, 1.165) is 11.3 Å². The van der Waals surface area contributed by atoms with Gasteiger partial charge in [0.05, 0.1) is 7.11 Å². The largest absolute Gasteiger partial charge is 0.504 e. The molecule has 5 nitrogen and oxygen atoms in total. The molecule has 1 N–H and O–H groups in total. The van der Waals surface area contributed by atoms with Gasteiger partial charge in [0.25, 0.3) is 5.91 Å². The second kappa shape index (κ2) is 7.36. The number of para-hydroxylation sites is 2. The van der Waals surface area contributed by atoms with Crippen LogP contribution >= 0.6 is 0 Å². The number of carbonyl (C=O) groups is 1. The van der Waals surface area contributed by atoms with Gasteiger partial charge in [-0.05, 0) is 29.8 Å². The minimum atomic E-state index is -0.168. The molecule has 0 aliphatic carbocycles. The fourth-order valence-electron chi connectivity index (χ4n) is 1.92. The highest BCUT2D eigenvalue weighted by Crippen LogP contribution is 2.24. The molecule has 0 radical (unpaired) electrons. The summed E-state index contributed by atoms with van der Waals surface area (Å²) in [6.45, 7) is 0.358. The molecule has 0 spiro atoms. The quantitative estimate of drug-likeness (QED) is 0.890. The molecule has 0 bridgehead atoms. The SMILES string of the molecule is COc1ccc(CN(C)C(=O)COc2ccccc2O)cc1. The first-order valence-electron chi connectivity index (χ1n) is 6.88. The molecule has 0 aliphatic rings. The topological polar surface area (TPSA) is 59.0 Å². The monoisotopic (exact) mass is 301 g/mol. The number of hydrogen-bond acceptors (Lipinski definition) is 4. The Morgan fingerprint density at radius 2 is 1.82 bits per heavy atom. The maximum Gasteiger partial charge on any atom is 0.260 e. The molecular weight excluding hydrogens is 282 g/mol. The minimum absolute atomic E-state index is 0.0214. The molecule has 22 heavy (non-hydrogen) atoms. The van der Waals surface area contributed by atoms with Crippen LogP contribution in [0.1, 0.15) is 5.56 Å². The van der Waals surface area contributed by atoms with Crippen LogP contribution in [0.15, 0.2) is 48.5 Å². The maximum atomic E-state index is 12.0. The lowest BCUT2D eigenvalue weighted by molar-refractivity contribution is -0.132. The van der Waals surface area contributed by atoms with E-state index >= 15 is 0 Å². The van der Waals surface area contributed by atoms with Crippen molar-refractivity contribution >= 4 is 5.91 Å². The van der Waals surface area contributed by atoms with Crippen LogP contribution in [0.25, 0.3) is 0 Å². The van der Waals surface area contributed by atoms with E-state index in [1.807, 2.05) is 24.3 Å². The second-order valence-electron chi connectivity index (χ2n) is 4.85. The number of nitrogens with zero attached hydrogens (tertiary/aromatic N) is 1. The standard InChI is InChI=1S/C17H19NO4/c1-18(11-13-7-9-14(21-2)10-8-13)17(20)12-22-16-6-4-3-5-15(16)19/h3-10,19H,11-12H2,1-2H3. The number of hydrogen-bond donors (Lipinski definition) is 1. The molecule has 0 aromatic heterocycles. The Labute approximate surface area is 129 Å². The van der Waals surface area contributed by atoms with Crippen molar-refractivity contribution in [3.8, 4) is 17.2 Å². The third-order valence-corrected chi connectivity index (χ3v) is 3.22. The molecule has 2 aromatic rings. The van der Waals surface area contributed by atoms with Crippen molar-refractivity contribution in [2.75, 3.05) is 20.8 Å². The molecule has 0 aliphatic heterocycles. The van der Waals surface area contributed by atoms with Crippen LogP contribution in [0.5, 0.6) is 17.2 Å². The van der Waals surface area contributed by atoms with Gasteiger partial charge in [-0.3, -0.25) is 4.79 Å². The number of ether oxygens (including phenoxy) is 2. The van der Waals surface area contributed by atoms with Crippen LogP contribution in [0.2, 0.25) is 0 Å². The molecule has 2 rings (SSSR count). The van der Waals surface area contributed by atoms with Gasteiger partial charge in [-0.15, -0.1) is 0 Å². The van der Waals surface area contributed by atoms with Crippen LogP contribution in [-0.2, 0) is 11.3 Å². The molecule has 116 valence electrons. The molecule has 2 aromatic carbocycles. The van der Waals surface area contributed by atoms with Crippen molar-refractivity contribution in [2.45, 2.75) is 6.54 Å². The first kappa shape index (κ1) is 15.7. The highest BCUT2D eigenvalue weighted by atomic mass is 16.5. The molecular formula is C17H19NO4. The summed E-state index contributed by atoms with van der Waals surface area (Å²) >= 11 is 0. The Morgan fingerprint density at radius 3 is 2.45 bits per heavy atom. The van der Waals surface area contributed by atoms with Gasteiger partial charge in [-0.2, -0.15) is 0 Å². The number of methoxy groups -OCH3 is 1. The average molecular weight is 301 g/mol. The number of benzene rings is 2. The number of rotatable bonds is 6. The zero-order valence-electron chi connectivity index (χ0n) is 12.7. The van der Waals surface area contributed by atoms with Crippen molar-refractivity contribution in [2.24, 2.45) is 0 Å². The Morgan fingerprint density at radius 1 is 1.14 bits per heavy atom. The number of aromatic hydroxyl groups is 1. The Kier molecular flexibility index (Phi) is 5.25. The molecule has 0 saturated heterocycles. The minimum Gasteiger partial charge on any atom is -0.504 e. The normalized spacial score (nSPS) is 10.1. The van der Waals surface area contributed by atoms with Gasteiger partial charge in [-0.1, -0.05) is 24.3 Å². The molecule has 0 atom stereocenters. The highest BCUT2D eigenvalue weighted by molar-refractivity contribution is 5.77. The van der Waals surface area contributed by atoms with E-state index in [-0.39, 0.29) is 18.3 Å². The predicted molar refractivity (Wildman–Crippen MR) is 83.1 cm³/mol. The van der Waals surface area contributed by atoms with Crippen LogP contribution in [-0.4, -0.2) is 36.7 Å². The highest BCUT2D eigenvalue weighted by Gasteiger charge is 2.11. The van der Waals surface area contributed by atoms with Gasteiger partial charge in [-0.25, -0.2) is 0 Å².